The fourth-order valence-electron chi connectivity index (χ4n) is 3.96. The Kier molecular flexibility index (Phi) is 4.06. The minimum absolute atomic E-state index is 0.0650. The van der Waals surface area contributed by atoms with Crippen molar-refractivity contribution >= 4 is 16.7 Å². The number of carbonyl (C=O) groups excluding carboxylic acids is 1. The monoisotopic (exact) mass is 371 g/mol. The maximum absolute atomic E-state index is 11.4. The highest BCUT2D eigenvalue weighted by Crippen LogP contribution is 2.27. The standard InChI is InChI=1S/C22H21N5O/c1-14(28)15-6-8-16(9-7-15)22-13-27(26-25-22)12-17-10-19-18-4-2-3-5-20(18)24-21(19)11-23-17/h2-9,13,17,23-24H,10-12H2,1H3/t17-/m0/s1. The third kappa shape index (κ3) is 3.01. The minimum atomic E-state index is 0.0650. The van der Waals surface area contributed by atoms with E-state index >= 15 is 0 Å². The number of carbonyl (C=O) groups is 1. The average molecular weight is 371 g/mol. The number of H-pyrrole nitrogens is 1. The minimum Gasteiger partial charge on any atom is -0.357 e. The van der Waals surface area contributed by atoms with Gasteiger partial charge in [-0.2, -0.15) is 0 Å². The molecule has 2 aromatic heterocycles. The number of fused-ring (bicyclic) bond motifs is 3. The highest BCUT2D eigenvalue weighted by Gasteiger charge is 2.22. The zero-order valence-corrected chi connectivity index (χ0v) is 15.6. The molecule has 0 spiro atoms. The molecule has 2 N–H and O–H groups in total. The summed E-state index contributed by atoms with van der Waals surface area (Å²) in [6, 6.07) is 16.3. The van der Waals surface area contributed by atoms with Gasteiger partial charge in [0.05, 0.1) is 12.7 Å². The third-order valence-corrected chi connectivity index (χ3v) is 5.45. The van der Waals surface area contributed by atoms with Crippen LogP contribution in [0.15, 0.2) is 54.7 Å². The summed E-state index contributed by atoms with van der Waals surface area (Å²) in [7, 11) is 0. The molecule has 0 fully saturated rings. The fourth-order valence-corrected chi connectivity index (χ4v) is 3.96. The molecule has 0 saturated carbocycles. The molecular formula is C22H21N5O. The lowest BCUT2D eigenvalue weighted by atomic mass is 9.98. The van der Waals surface area contributed by atoms with Crippen LogP contribution in [0.3, 0.4) is 0 Å². The Balaban J connectivity index is 1.33. The SMILES string of the molecule is CC(=O)c1ccc(-c2cn(C[C@@H]3Cc4c([nH]c5ccccc45)CN3)nn2)cc1. The first kappa shape index (κ1) is 16.9. The number of hydrogen-bond acceptors (Lipinski definition) is 4. The van der Waals surface area contributed by atoms with Crippen LogP contribution in [0.25, 0.3) is 22.2 Å². The van der Waals surface area contributed by atoms with Crippen LogP contribution in [0.5, 0.6) is 0 Å². The van der Waals surface area contributed by atoms with Crippen molar-refractivity contribution in [2.45, 2.75) is 32.5 Å². The fraction of sp³-hybridized carbons (Fsp3) is 0.227. The first-order valence-corrected chi connectivity index (χ1v) is 9.51. The number of para-hydroxylation sites is 1. The van der Waals surface area contributed by atoms with E-state index in [4.69, 9.17) is 0 Å². The van der Waals surface area contributed by atoms with Gasteiger partial charge in [-0.1, -0.05) is 47.7 Å². The molecule has 0 bridgehead atoms. The van der Waals surface area contributed by atoms with Crippen molar-refractivity contribution < 1.29 is 4.79 Å². The van der Waals surface area contributed by atoms with Gasteiger partial charge in [0.1, 0.15) is 5.69 Å². The van der Waals surface area contributed by atoms with Crippen molar-refractivity contribution in [2.75, 3.05) is 0 Å². The lowest BCUT2D eigenvalue weighted by Gasteiger charge is -2.23. The third-order valence-electron chi connectivity index (χ3n) is 5.45. The van der Waals surface area contributed by atoms with Gasteiger partial charge < -0.3 is 10.3 Å². The van der Waals surface area contributed by atoms with Crippen LogP contribution < -0.4 is 5.32 Å². The number of rotatable bonds is 4. The Labute approximate surface area is 162 Å². The summed E-state index contributed by atoms with van der Waals surface area (Å²) in [6.45, 7) is 3.17. The Morgan fingerprint density at radius 1 is 1.18 bits per heavy atom. The predicted octanol–water partition coefficient (Wildman–Crippen LogP) is 3.34. The summed E-state index contributed by atoms with van der Waals surface area (Å²) in [5, 5.41) is 13.5. The van der Waals surface area contributed by atoms with E-state index in [2.05, 4.69) is 44.9 Å². The topological polar surface area (TPSA) is 75.6 Å². The predicted molar refractivity (Wildman–Crippen MR) is 108 cm³/mol. The summed E-state index contributed by atoms with van der Waals surface area (Å²) in [5.41, 5.74) is 6.37. The maximum Gasteiger partial charge on any atom is 0.159 e. The highest BCUT2D eigenvalue weighted by molar-refractivity contribution is 5.94. The van der Waals surface area contributed by atoms with Crippen molar-refractivity contribution in [3.05, 3.63) is 71.5 Å². The van der Waals surface area contributed by atoms with Gasteiger partial charge in [-0.25, -0.2) is 0 Å². The molecule has 4 aromatic rings. The molecule has 0 saturated heterocycles. The van der Waals surface area contributed by atoms with Crippen LogP contribution in [-0.4, -0.2) is 31.8 Å². The first-order valence-electron chi connectivity index (χ1n) is 9.51. The van der Waals surface area contributed by atoms with Gasteiger partial charge in [0, 0.05) is 40.3 Å². The van der Waals surface area contributed by atoms with Crippen molar-refractivity contribution in [3.8, 4) is 11.3 Å². The maximum atomic E-state index is 11.4. The molecule has 1 aliphatic heterocycles. The summed E-state index contributed by atoms with van der Waals surface area (Å²) in [5.74, 6) is 0.0650. The molecule has 6 heteroatoms. The number of hydrogen-bond donors (Lipinski definition) is 2. The summed E-state index contributed by atoms with van der Waals surface area (Å²) in [6.07, 6.45) is 2.93. The molecular weight excluding hydrogens is 350 g/mol. The number of aromatic nitrogens is 4. The van der Waals surface area contributed by atoms with Gasteiger partial charge in [0.2, 0.25) is 0 Å². The van der Waals surface area contributed by atoms with E-state index in [1.807, 2.05) is 35.1 Å². The molecule has 5 rings (SSSR count). The molecule has 1 aliphatic rings. The van der Waals surface area contributed by atoms with Crippen molar-refractivity contribution in [3.63, 3.8) is 0 Å². The lowest BCUT2D eigenvalue weighted by molar-refractivity contribution is 0.101. The highest BCUT2D eigenvalue weighted by atomic mass is 16.1. The van der Waals surface area contributed by atoms with E-state index in [1.54, 1.807) is 6.92 Å². The van der Waals surface area contributed by atoms with E-state index in [0.29, 0.717) is 11.6 Å². The zero-order valence-electron chi connectivity index (χ0n) is 15.6. The molecule has 3 heterocycles. The number of nitrogens with zero attached hydrogens (tertiary/aromatic N) is 3. The second kappa shape index (κ2) is 6.73. The van der Waals surface area contributed by atoms with E-state index in [9.17, 15) is 4.79 Å². The van der Waals surface area contributed by atoms with Gasteiger partial charge in [-0.15, -0.1) is 5.10 Å². The summed E-state index contributed by atoms with van der Waals surface area (Å²) in [4.78, 5) is 14.9. The number of nitrogens with one attached hydrogen (secondary N) is 2. The largest absolute Gasteiger partial charge is 0.357 e. The van der Waals surface area contributed by atoms with Crippen LogP contribution in [0.4, 0.5) is 0 Å². The average Bonchev–Trinajstić information content (AvgIpc) is 3.32. The van der Waals surface area contributed by atoms with Crippen molar-refractivity contribution in [1.29, 1.82) is 0 Å². The second-order valence-corrected chi connectivity index (χ2v) is 7.37. The molecule has 2 aromatic carbocycles. The molecule has 0 radical (unpaired) electrons. The van der Waals surface area contributed by atoms with Crippen LogP contribution >= 0.6 is 0 Å². The molecule has 0 aliphatic carbocycles. The Morgan fingerprint density at radius 3 is 2.82 bits per heavy atom. The van der Waals surface area contributed by atoms with Gasteiger partial charge in [0.15, 0.2) is 5.78 Å². The van der Waals surface area contributed by atoms with E-state index in [-0.39, 0.29) is 5.78 Å². The Morgan fingerprint density at radius 2 is 2.00 bits per heavy atom. The Bertz CT molecular complexity index is 1160. The van der Waals surface area contributed by atoms with Crippen LogP contribution in [0.1, 0.15) is 28.5 Å². The van der Waals surface area contributed by atoms with Gasteiger partial charge in [-0.3, -0.25) is 9.48 Å². The number of Topliss-reactive ketones (excluding diaryl/α,β-unsaturated/α-hetero) is 1. The van der Waals surface area contributed by atoms with Gasteiger partial charge in [0.25, 0.3) is 0 Å². The molecule has 0 unspecified atom stereocenters. The van der Waals surface area contributed by atoms with Gasteiger partial charge in [-0.05, 0) is 25.0 Å². The molecule has 28 heavy (non-hydrogen) atoms. The van der Waals surface area contributed by atoms with E-state index < -0.39 is 0 Å². The Hall–Kier alpha value is -3.25. The number of aromatic amines is 1. The molecule has 0 amide bonds. The number of benzene rings is 2. The zero-order chi connectivity index (χ0) is 19.1. The summed E-state index contributed by atoms with van der Waals surface area (Å²) >= 11 is 0. The van der Waals surface area contributed by atoms with Crippen molar-refractivity contribution in [1.82, 2.24) is 25.3 Å². The molecule has 6 nitrogen and oxygen atoms in total. The van der Waals surface area contributed by atoms with Crippen LogP contribution in [0.2, 0.25) is 0 Å². The van der Waals surface area contributed by atoms with Gasteiger partial charge >= 0.3 is 0 Å². The van der Waals surface area contributed by atoms with E-state index in [1.165, 1.54) is 22.2 Å². The smallest absolute Gasteiger partial charge is 0.159 e. The van der Waals surface area contributed by atoms with Crippen LogP contribution in [0, 0.1) is 0 Å². The molecule has 140 valence electrons. The van der Waals surface area contributed by atoms with E-state index in [0.717, 1.165) is 30.8 Å². The number of ketones is 1. The summed E-state index contributed by atoms with van der Waals surface area (Å²) < 4.78 is 1.89. The lowest BCUT2D eigenvalue weighted by Crippen LogP contribution is -2.38. The molecule has 1 atom stereocenters. The van der Waals surface area contributed by atoms with Crippen molar-refractivity contribution in [2.24, 2.45) is 0 Å². The normalized spacial score (nSPS) is 16.2. The quantitative estimate of drug-likeness (QED) is 0.540. The van der Waals surface area contributed by atoms with Crippen LogP contribution in [-0.2, 0) is 19.5 Å². The second-order valence-electron chi connectivity index (χ2n) is 7.37. The first-order chi connectivity index (χ1) is 13.7.